The summed E-state index contributed by atoms with van der Waals surface area (Å²) < 4.78 is 6.90. The molecule has 0 spiro atoms. The van der Waals surface area contributed by atoms with Crippen molar-refractivity contribution < 1.29 is 14.7 Å². The summed E-state index contributed by atoms with van der Waals surface area (Å²) in [6, 6.07) is 14.7. The second-order valence-electron chi connectivity index (χ2n) is 5.17. The van der Waals surface area contributed by atoms with Crippen LogP contribution in [0.15, 0.2) is 42.5 Å². The lowest BCUT2D eigenvalue weighted by Crippen LogP contribution is -2.20. The predicted octanol–water partition coefficient (Wildman–Crippen LogP) is 1.61. The zero-order valence-electron chi connectivity index (χ0n) is 12.5. The Balaban J connectivity index is 1.89. The molecule has 0 bridgehead atoms. The topological polar surface area (TPSA) is 91.3 Å². The third kappa shape index (κ3) is 3.18. The first-order valence-corrected chi connectivity index (χ1v) is 7.05. The molecule has 0 radical (unpaired) electrons. The van der Waals surface area contributed by atoms with Gasteiger partial charge in [0.25, 0.3) is 0 Å². The highest BCUT2D eigenvalue weighted by Gasteiger charge is 2.11. The molecular weight excluding hydrogens is 293 g/mol. The molecule has 23 heavy (non-hydrogen) atoms. The van der Waals surface area contributed by atoms with E-state index in [0.29, 0.717) is 18.0 Å². The van der Waals surface area contributed by atoms with Gasteiger partial charge in [-0.25, -0.2) is 4.98 Å². The molecule has 0 saturated heterocycles. The maximum Gasteiger partial charge on any atom is 0.707 e. The monoisotopic (exact) mass is 307 g/mol. The largest absolute Gasteiger partial charge is 0.707 e. The smallest absolute Gasteiger partial charge is 0.512 e. The van der Waals surface area contributed by atoms with Crippen LogP contribution in [-0.2, 0) is 6.54 Å². The summed E-state index contributed by atoms with van der Waals surface area (Å²) in [7, 11) is -1.82. The molecule has 0 aliphatic heterocycles. The van der Waals surface area contributed by atoms with Crippen LogP contribution in [-0.4, -0.2) is 26.9 Å². The van der Waals surface area contributed by atoms with Crippen molar-refractivity contribution in [2.75, 3.05) is 0 Å². The van der Waals surface area contributed by atoms with Crippen molar-refractivity contribution in [3.05, 3.63) is 59.4 Å². The summed E-state index contributed by atoms with van der Waals surface area (Å²) in [4.78, 5) is 4.31. The Morgan fingerprint density at radius 3 is 2.61 bits per heavy atom. The van der Waals surface area contributed by atoms with E-state index >= 15 is 0 Å². The Morgan fingerprint density at radius 2 is 1.96 bits per heavy atom. The van der Waals surface area contributed by atoms with Crippen LogP contribution in [0.1, 0.15) is 17.0 Å². The van der Waals surface area contributed by atoms with E-state index in [0.717, 1.165) is 22.3 Å². The highest BCUT2D eigenvalue weighted by molar-refractivity contribution is 6.33. The van der Waals surface area contributed by atoms with E-state index in [4.69, 9.17) is 20.0 Å². The van der Waals surface area contributed by atoms with Crippen molar-refractivity contribution in [2.24, 2.45) is 0 Å². The number of nitrogens with zero attached hydrogens (tertiary/aromatic N) is 3. The number of rotatable bonds is 4. The van der Waals surface area contributed by atoms with Crippen LogP contribution >= 0.6 is 0 Å². The minimum atomic E-state index is -1.82. The SMILES string of the molecule is Cc1cc2nc(C#N)ccc2n1Cc1ccc(OB(O)O)cc1. The van der Waals surface area contributed by atoms with Gasteiger partial charge in [0.1, 0.15) is 17.5 Å². The molecule has 0 atom stereocenters. The van der Waals surface area contributed by atoms with Crippen LogP contribution in [0.3, 0.4) is 0 Å². The molecular formula is C16H14BN3O3. The molecule has 2 heterocycles. The quantitative estimate of drug-likeness (QED) is 0.715. The molecule has 6 nitrogen and oxygen atoms in total. The number of pyridine rings is 1. The van der Waals surface area contributed by atoms with Gasteiger partial charge in [0.05, 0.1) is 11.0 Å². The first-order valence-electron chi connectivity index (χ1n) is 7.05. The van der Waals surface area contributed by atoms with E-state index in [1.807, 2.05) is 37.3 Å². The highest BCUT2D eigenvalue weighted by atomic mass is 16.6. The van der Waals surface area contributed by atoms with Crippen LogP contribution < -0.4 is 4.65 Å². The third-order valence-corrected chi connectivity index (χ3v) is 3.58. The summed E-state index contributed by atoms with van der Waals surface area (Å²) in [5.74, 6) is 0.387. The van der Waals surface area contributed by atoms with Crippen LogP contribution in [0.25, 0.3) is 11.0 Å². The fraction of sp³-hybridized carbons (Fsp3) is 0.125. The number of fused-ring (bicyclic) bond motifs is 1. The second-order valence-corrected chi connectivity index (χ2v) is 5.17. The second kappa shape index (κ2) is 6.12. The number of aromatic nitrogens is 2. The minimum absolute atomic E-state index is 0.387. The number of nitriles is 1. The van der Waals surface area contributed by atoms with E-state index < -0.39 is 7.32 Å². The summed E-state index contributed by atoms with van der Waals surface area (Å²) >= 11 is 0. The van der Waals surface area contributed by atoms with Crippen LogP contribution in [0.2, 0.25) is 0 Å². The molecule has 2 aromatic heterocycles. The molecule has 2 N–H and O–H groups in total. The Bertz CT molecular complexity index is 882. The standard InChI is InChI=1S/C16H14BN3O3/c1-11-8-15-16(7-4-13(9-18)19-15)20(11)10-12-2-5-14(6-3-12)23-17(21)22/h2-8,21-22H,10H2,1H3. The normalized spacial score (nSPS) is 10.5. The van der Waals surface area contributed by atoms with Crippen LogP contribution in [0.5, 0.6) is 5.75 Å². The van der Waals surface area contributed by atoms with Crippen molar-refractivity contribution in [1.29, 1.82) is 5.26 Å². The molecule has 0 aliphatic carbocycles. The summed E-state index contributed by atoms with van der Waals surface area (Å²) in [5, 5.41) is 26.5. The number of hydrogen-bond donors (Lipinski definition) is 2. The molecule has 0 fully saturated rings. The maximum atomic E-state index is 8.93. The van der Waals surface area contributed by atoms with E-state index in [1.54, 1.807) is 18.2 Å². The Labute approximate surface area is 133 Å². The predicted molar refractivity (Wildman–Crippen MR) is 85.5 cm³/mol. The summed E-state index contributed by atoms with van der Waals surface area (Å²) in [6.45, 7) is 2.64. The summed E-state index contributed by atoms with van der Waals surface area (Å²) in [5.41, 5.74) is 4.25. The number of hydrogen-bond acceptors (Lipinski definition) is 5. The van der Waals surface area contributed by atoms with Crippen molar-refractivity contribution in [3.8, 4) is 11.8 Å². The lowest BCUT2D eigenvalue weighted by atomic mass is 10.2. The lowest BCUT2D eigenvalue weighted by Gasteiger charge is -2.10. The zero-order valence-corrected chi connectivity index (χ0v) is 12.5. The van der Waals surface area contributed by atoms with Gasteiger partial charge in [-0.3, -0.25) is 0 Å². The van der Waals surface area contributed by atoms with Crippen molar-refractivity contribution in [3.63, 3.8) is 0 Å². The van der Waals surface area contributed by atoms with Gasteiger partial charge in [-0.05, 0) is 42.8 Å². The van der Waals surface area contributed by atoms with E-state index in [9.17, 15) is 0 Å². The first kappa shape index (κ1) is 15.1. The average molecular weight is 307 g/mol. The minimum Gasteiger partial charge on any atom is -0.512 e. The number of benzene rings is 1. The average Bonchev–Trinajstić information content (AvgIpc) is 2.83. The van der Waals surface area contributed by atoms with E-state index in [2.05, 4.69) is 9.55 Å². The first-order chi connectivity index (χ1) is 11.1. The Hall–Kier alpha value is -2.82. The third-order valence-electron chi connectivity index (χ3n) is 3.58. The molecule has 0 saturated carbocycles. The van der Waals surface area contributed by atoms with Gasteiger partial charge < -0.3 is 19.3 Å². The van der Waals surface area contributed by atoms with Gasteiger partial charge in [-0.1, -0.05) is 12.1 Å². The fourth-order valence-electron chi connectivity index (χ4n) is 2.52. The van der Waals surface area contributed by atoms with Crippen molar-refractivity contribution >= 4 is 18.4 Å². The zero-order chi connectivity index (χ0) is 16.4. The van der Waals surface area contributed by atoms with Gasteiger partial charge in [-0.2, -0.15) is 5.26 Å². The lowest BCUT2D eigenvalue weighted by molar-refractivity contribution is 0.288. The molecule has 0 unspecified atom stereocenters. The van der Waals surface area contributed by atoms with Crippen molar-refractivity contribution in [1.82, 2.24) is 9.55 Å². The van der Waals surface area contributed by atoms with E-state index in [-0.39, 0.29) is 0 Å². The van der Waals surface area contributed by atoms with E-state index in [1.165, 1.54) is 0 Å². The Kier molecular flexibility index (Phi) is 4.02. The molecule has 114 valence electrons. The van der Waals surface area contributed by atoms with Gasteiger partial charge >= 0.3 is 7.32 Å². The Morgan fingerprint density at radius 1 is 1.22 bits per heavy atom. The molecule has 0 amide bonds. The van der Waals surface area contributed by atoms with Crippen molar-refractivity contribution in [2.45, 2.75) is 13.5 Å². The molecule has 3 rings (SSSR count). The highest BCUT2D eigenvalue weighted by Crippen LogP contribution is 2.21. The molecule has 7 heteroatoms. The maximum absolute atomic E-state index is 8.93. The van der Waals surface area contributed by atoms with Gasteiger partial charge in [-0.15, -0.1) is 0 Å². The van der Waals surface area contributed by atoms with Crippen LogP contribution in [0, 0.1) is 18.3 Å². The van der Waals surface area contributed by atoms with Crippen LogP contribution in [0.4, 0.5) is 0 Å². The molecule has 3 aromatic rings. The van der Waals surface area contributed by atoms with Gasteiger partial charge in [0, 0.05) is 12.2 Å². The van der Waals surface area contributed by atoms with Gasteiger partial charge in [0.15, 0.2) is 0 Å². The van der Waals surface area contributed by atoms with Gasteiger partial charge in [0.2, 0.25) is 0 Å². The molecule has 1 aromatic carbocycles. The summed E-state index contributed by atoms with van der Waals surface area (Å²) in [6.07, 6.45) is 0. The number of aryl methyl sites for hydroxylation is 1. The molecule has 0 aliphatic rings. The fourth-order valence-corrected chi connectivity index (χ4v) is 2.52.